The summed E-state index contributed by atoms with van der Waals surface area (Å²) in [6, 6.07) is 30.4. The van der Waals surface area contributed by atoms with Crippen LogP contribution in [0.3, 0.4) is 0 Å². The van der Waals surface area contributed by atoms with Crippen LogP contribution in [0.4, 0.5) is 4.79 Å². The van der Waals surface area contributed by atoms with Crippen LogP contribution in [0.1, 0.15) is 70.9 Å². The number of aliphatic hydroxyl groups excluding tert-OH is 1. The molecule has 8 rings (SSSR count). The van der Waals surface area contributed by atoms with Gasteiger partial charge in [0, 0.05) is 43.2 Å². The lowest BCUT2D eigenvalue weighted by molar-refractivity contribution is -0.000814. The zero-order valence-corrected chi connectivity index (χ0v) is 32.2. The molecule has 2 bridgehead atoms. The van der Waals surface area contributed by atoms with Crippen LogP contribution in [-0.2, 0) is 6.61 Å². The number of nitrogens with zero attached hydrogens (tertiary/aromatic N) is 3. The molecular weight excluding hydrogens is 723 g/mol. The summed E-state index contributed by atoms with van der Waals surface area (Å²) in [6.45, 7) is 6.84. The molecule has 4 heterocycles. The second-order valence-corrected chi connectivity index (χ2v) is 15.0. The Bertz CT molecular complexity index is 2220. The maximum Gasteiger partial charge on any atom is 0.408 e. The molecule has 3 saturated heterocycles. The van der Waals surface area contributed by atoms with Crippen molar-refractivity contribution in [1.82, 2.24) is 25.0 Å². The number of carbonyl (C=O) groups excluding carboxylic acids is 1. The quantitative estimate of drug-likeness (QED) is 0.0742. The van der Waals surface area contributed by atoms with E-state index >= 15 is 0 Å². The van der Waals surface area contributed by atoms with Gasteiger partial charge in [-0.05, 0) is 110 Å². The van der Waals surface area contributed by atoms with Gasteiger partial charge in [-0.15, -0.1) is 0 Å². The Kier molecular flexibility index (Phi) is 12.5. The molecule has 0 aliphatic carbocycles. The van der Waals surface area contributed by atoms with Crippen molar-refractivity contribution in [3.05, 3.63) is 141 Å². The number of benzene rings is 4. The average Bonchev–Trinajstić information content (AvgIpc) is 3.24. The first-order valence-electron chi connectivity index (χ1n) is 19.8. The monoisotopic (exact) mass is 773 g/mol. The summed E-state index contributed by atoms with van der Waals surface area (Å²) in [4.78, 5) is 46.9. The number of ether oxygens (including phenoxy) is 1. The number of aromatic hydroxyl groups is 1. The fourth-order valence-electron chi connectivity index (χ4n) is 8.46. The number of carboxylic acid groups (broad SMARTS) is 1. The SMILES string of the molecule is CCN(CCCNCC(O)c1ccc(O)c2[nH]c(=O)ccc12)C(=O)c1cccc(COc2cccc([C@H](c3ccccc3)N(C(=O)O)C3CN4CCC3CC4)c2)c1. The molecule has 0 radical (unpaired) electrons. The summed E-state index contributed by atoms with van der Waals surface area (Å²) in [6.07, 6.45) is 0.886. The van der Waals surface area contributed by atoms with Crippen LogP contribution in [0.15, 0.2) is 108 Å². The van der Waals surface area contributed by atoms with E-state index in [-0.39, 0.29) is 41.9 Å². The number of aliphatic hydroxyl groups is 1. The van der Waals surface area contributed by atoms with E-state index in [9.17, 15) is 29.7 Å². The second kappa shape index (κ2) is 18.1. The second-order valence-electron chi connectivity index (χ2n) is 15.0. The molecule has 3 aliphatic rings. The number of amides is 2. The predicted octanol–water partition coefficient (Wildman–Crippen LogP) is 6.15. The Labute approximate surface area is 332 Å². The van der Waals surface area contributed by atoms with Crippen molar-refractivity contribution in [2.75, 3.05) is 45.8 Å². The number of nitrogens with one attached hydrogen (secondary N) is 2. The zero-order chi connectivity index (χ0) is 39.9. The van der Waals surface area contributed by atoms with Gasteiger partial charge in [-0.3, -0.25) is 14.5 Å². The minimum atomic E-state index is -0.925. The average molecular weight is 774 g/mol. The smallest absolute Gasteiger partial charge is 0.408 e. The van der Waals surface area contributed by atoms with Gasteiger partial charge in [-0.1, -0.05) is 60.7 Å². The fourth-order valence-corrected chi connectivity index (χ4v) is 8.46. The summed E-state index contributed by atoms with van der Waals surface area (Å²) >= 11 is 0. The molecule has 0 saturated carbocycles. The van der Waals surface area contributed by atoms with Gasteiger partial charge < -0.3 is 40.2 Å². The van der Waals surface area contributed by atoms with Crippen LogP contribution >= 0.6 is 0 Å². The lowest BCUT2D eigenvalue weighted by atomic mass is 9.81. The highest BCUT2D eigenvalue weighted by Crippen LogP contribution is 2.39. The van der Waals surface area contributed by atoms with E-state index in [2.05, 4.69) is 15.2 Å². The number of hydrogen-bond donors (Lipinski definition) is 5. The minimum Gasteiger partial charge on any atom is -0.506 e. The van der Waals surface area contributed by atoms with Gasteiger partial charge in [-0.2, -0.15) is 0 Å². The highest BCUT2D eigenvalue weighted by Gasteiger charge is 2.43. The third kappa shape index (κ3) is 9.15. The van der Waals surface area contributed by atoms with Gasteiger partial charge in [0.2, 0.25) is 5.56 Å². The van der Waals surface area contributed by atoms with E-state index < -0.39 is 18.2 Å². The molecule has 3 atom stereocenters. The molecule has 2 amide bonds. The van der Waals surface area contributed by atoms with Crippen LogP contribution < -0.4 is 15.6 Å². The van der Waals surface area contributed by atoms with Crippen molar-refractivity contribution in [1.29, 1.82) is 0 Å². The molecule has 1 aromatic heterocycles. The van der Waals surface area contributed by atoms with Gasteiger partial charge in [-0.25, -0.2) is 4.79 Å². The summed E-state index contributed by atoms with van der Waals surface area (Å²) in [5.41, 5.74) is 3.70. The third-order valence-electron chi connectivity index (χ3n) is 11.4. The molecule has 57 heavy (non-hydrogen) atoms. The van der Waals surface area contributed by atoms with Crippen molar-refractivity contribution >= 4 is 22.9 Å². The first-order valence-corrected chi connectivity index (χ1v) is 19.8. The minimum absolute atomic E-state index is 0.0583. The number of pyridine rings is 1. The van der Waals surface area contributed by atoms with Crippen molar-refractivity contribution in [2.45, 2.75) is 51.0 Å². The third-order valence-corrected chi connectivity index (χ3v) is 11.4. The number of piperidine rings is 3. The molecule has 3 aliphatic heterocycles. The van der Waals surface area contributed by atoms with E-state index in [4.69, 9.17) is 4.74 Å². The zero-order valence-electron chi connectivity index (χ0n) is 32.2. The maximum atomic E-state index is 13.6. The lowest BCUT2D eigenvalue weighted by Gasteiger charge is -2.50. The Morgan fingerprint density at radius 3 is 2.46 bits per heavy atom. The Morgan fingerprint density at radius 1 is 0.947 bits per heavy atom. The Hall–Kier alpha value is -5.69. The number of carbonyl (C=O) groups is 2. The van der Waals surface area contributed by atoms with Gasteiger partial charge in [0.1, 0.15) is 18.1 Å². The number of rotatable bonds is 16. The summed E-state index contributed by atoms with van der Waals surface area (Å²) in [5.74, 6) is 0.807. The molecule has 2 unspecified atom stereocenters. The molecule has 0 spiro atoms. The molecule has 298 valence electrons. The van der Waals surface area contributed by atoms with Crippen molar-refractivity contribution < 1.29 is 29.6 Å². The molecule has 5 N–H and O–H groups in total. The highest BCUT2D eigenvalue weighted by atomic mass is 16.5. The van der Waals surface area contributed by atoms with E-state index in [1.807, 2.05) is 79.7 Å². The largest absolute Gasteiger partial charge is 0.506 e. The highest BCUT2D eigenvalue weighted by molar-refractivity contribution is 5.94. The van der Waals surface area contributed by atoms with E-state index in [0.717, 1.165) is 49.2 Å². The van der Waals surface area contributed by atoms with Crippen molar-refractivity contribution in [3.63, 3.8) is 0 Å². The van der Waals surface area contributed by atoms with Gasteiger partial charge in [0.15, 0.2) is 0 Å². The lowest BCUT2D eigenvalue weighted by Crippen LogP contribution is -2.59. The molecule has 3 fully saturated rings. The van der Waals surface area contributed by atoms with Gasteiger partial charge in [0.05, 0.1) is 23.7 Å². The summed E-state index contributed by atoms with van der Waals surface area (Å²) in [7, 11) is 0. The number of aromatic nitrogens is 1. The molecule has 5 aromatic rings. The topological polar surface area (TPSA) is 159 Å². The van der Waals surface area contributed by atoms with E-state index in [1.54, 1.807) is 28.0 Å². The van der Waals surface area contributed by atoms with Crippen LogP contribution in [0.25, 0.3) is 10.9 Å². The predicted molar refractivity (Wildman–Crippen MR) is 219 cm³/mol. The van der Waals surface area contributed by atoms with Crippen LogP contribution in [-0.4, -0.2) is 98.9 Å². The molecule has 12 heteroatoms. The number of fused-ring (bicyclic) bond motifs is 4. The number of phenols is 1. The van der Waals surface area contributed by atoms with E-state index in [1.165, 1.54) is 12.1 Å². The summed E-state index contributed by atoms with van der Waals surface area (Å²) in [5, 5.41) is 35.5. The maximum absolute atomic E-state index is 13.6. The molecular formula is C45H51N5O7. The fraction of sp³-hybridized carbons (Fsp3) is 0.356. The Morgan fingerprint density at radius 2 is 1.72 bits per heavy atom. The van der Waals surface area contributed by atoms with E-state index in [0.29, 0.717) is 54.2 Å². The summed E-state index contributed by atoms with van der Waals surface area (Å²) < 4.78 is 6.30. The van der Waals surface area contributed by atoms with Crippen LogP contribution in [0, 0.1) is 5.92 Å². The van der Waals surface area contributed by atoms with Gasteiger partial charge >= 0.3 is 6.09 Å². The molecule has 12 nitrogen and oxygen atoms in total. The van der Waals surface area contributed by atoms with Crippen LogP contribution in [0.2, 0.25) is 0 Å². The number of phenolic OH excluding ortho intramolecular Hbond substituents is 1. The first kappa shape index (κ1) is 39.5. The standard InChI is InChI=1S/C45H51N5O7/c1-2-49(22-8-21-46-27-40(52)36-15-17-39(51)42-37(36)16-18-41(53)47-42)44(54)34-13-6-9-30(25-34)29-57-35-14-7-12-33(26-35)43(32-10-4-3-5-11-32)50(45(55)56)38-28-48-23-19-31(38)20-24-48/h3-7,9-18,25-26,31,38,40,43,46,51-52H,2,8,19-24,27-29H2,1H3,(H,47,53)(H,55,56)/t38?,40?,43-/m0/s1. The van der Waals surface area contributed by atoms with Crippen molar-refractivity contribution in [3.8, 4) is 11.5 Å². The van der Waals surface area contributed by atoms with Crippen LogP contribution in [0.5, 0.6) is 11.5 Å². The number of aromatic amines is 1. The Balaban J connectivity index is 0.961. The number of hydrogen-bond acceptors (Lipinski definition) is 8. The number of H-pyrrole nitrogens is 1. The first-order chi connectivity index (χ1) is 27.7. The molecule has 4 aromatic carbocycles. The van der Waals surface area contributed by atoms with Crippen molar-refractivity contribution in [2.24, 2.45) is 5.92 Å². The normalized spacial score (nSPS) is 18.5. The van der Waals surface area contributed by atoms with Gasteiger partial charge in [0.25, 0.3) is 5.91 Å².